The maximum atomic E-state index is 15.4. The first-order valence-corrected chi connectivity index (χ1v) is 13.7. The number of esters is 1. The predicted octanol–water partition coefficient (Wildman–Crippen LogP) is 6.00. The summed E-state index contributed by atoms with van der Waals surface area (Å²) in [5, 5.41) is 0. The number of benzene rings is 1. The van der Waals surface area contributed by atoms with Gasteiger partial charge in [-0.3, -0.25) is 4.98 Å². The summed E-state index contributed by atoms with van der Waals surface area (Å²) in [6.07, 6.45) is 10.9. The summed E-state index contributed by atoms with van der Waals surface area (Å²) < 4.78 is 26.2. The lowest BCUT2D eigenvalue weighted by Gasteiger charge is -2.38. The molecule has 0 atom stereocenters. The summed E-state index contributed by atoms with van der Waals surface area (Å²) in [7, 11) is 0. The number of alkyl halides is 1. The Labute approximate surface area is 220 Å². The number of carbonyl (C=O) groups is 1. The zero-order valence-corrected chi connectivity index (χ0v) is 22.5. The number of anilines is 3. The molecule has 0 amide bonds. The highest BCUT2D eigenvalue weighted by Gasteiger charge is 2.36. The van der Waals surface area contributed by atoms with Gasteiger partial charge in [-0.15, -0.1) is 0 Å². The van der Waals surface area contributed by atoms with Crippen molar-refractivity contribution in [2.24, 2.45) is 0 Å². The fourth-order valence-electron chi connectivity index (χ4n) is 5.08. The van der Waals surface area contributed by atoms with Crippen molar-refractivity contribution in [1.82, 2.24) is 9.97 Å². The zero-order valence-electron chi connectivity index (χ0n) is 22.5. The van der Waals surface area contributed by atoms with Gasteiger partial charge in [-0.1, -0.05) is 44.4 Å². The molecule has 1 aromatic carbocycles. The average Bonchev–Trinajstić information content (AvgIpc) is 2.90. The topological polar surface area (TPSA) is 67.8 Å². The molecule has 202 valence electrons. The van der Waals surface area contributed by atoms with Gasteiger partial charge in [0.05, 0.1) is 19.0 Å². The van der Waals surface area contributed by atoms with Crippen LogP contribution in [0.15, 0.2) is 42.7 Å². The second-order valence-electron chi connectivity index (χ2n) is 11.0. The lowest BCUT2D eigenvalue weighted by molar-refractivity contribution is -0.163. The van der Waals surface area contributed by atoms with Crippen molar-refractivity contribution in [2.75, 3.05) is 36.1 Å². The molecule has 1 aliphatic heterocycles. The summed E-state index contributed by atoms with van der Waals surface area (Å²) in [5.74, 6) is 1.15. The van der Waals surface area contributed by atoms with Crippen molar-refractivity contribution >= 4 is 23.3 Å². The van der Waals surface area contributed by atoms with Gasteiger partial charge in [-0.05, 0) is 45.2 Å². The Balaban J connectivity index is 1.37. The van der Waals surface area contributed by atoms with E-state index in [1.165, 1.54) is 19.3 Å². The lowest BCUT2D eigenvalue weighted by atomic mass is 9.93. The Hall–Kier alpha value is -2.74. The Morgan fingerprint density at radius 3 is 2.51 bits per heavy atom. The maximum Gasteiger partial charge on any atom is 0.332 e. The van der Waals surface area contributed by atoms with E-state index < -0.39 is 17.2 Å². The van der Waals surface area contributed by atoms with Crippen LogP contribution in [0.2, 0.25) is 0 Å². The standard InChI is InChI=1S/C29H41FN4O3/c1-4-28(2,3)37-27(35)21-36-22-29(30)15-17-33(18-16-29)25-19-31-20-26(32-25)34(23-11-7-5-8-12-23)24-13-9-6-10-14-24/h5,7-8,11-12,19-20,24H,4,6,9-10,13-18,21-22H2,1-3H3. The third kappa shape index (κ3) is 7.40. The van der Waals surface area contributed by atoms with Crippen LogP contribution in [0.1, 0.15) is 72.1 Å². The van der Waals surface area contributed by atoms with E-state index in [0.29, 0.717) is 38.4 Å². The molecule has 1 saturated carbocycles. The number of hydrogen-bond acceptors (Lipinski definition) is 7. The predicted molar refractivity (Wildman–Crippen MR) is 144 cm³/mol. The van der Waals surface area contributed by atoms with Gasteiger partial charge in [0, 0.05) is 37.7 Å². The van der Waals surface area contributed by atoms with Crippen molar-refractivity contribution in [3.8, 4) is 0 Å². The molecule has 8 heteroatoms. The monoisotopic (exact) mass is 512 g/mol. The number of carbonyl (C=O) groups excluding carboxylic acids is 1. The quantitative estimate of drug-likeness (QED) is 0.362. The molecule has 1 aromatic heterocycles. The summed E-state index contributed by atoms with van der Waals surface area (Å²) in [5.41, 5.74) is -0.887. The van der Waals surface area contributed by atoms with Crippen LogP contribution >= 0.6 is 0 Å². The molecule has 4 rings (SSSR count). The molecule has 2 aliphatic rings. The molecular formula is C29H41FN4O3. The molecule has 0 radical (unpaired) electrons. The lowest BCUT2D eigenvalue weighted by Crippen LogP contribution is -2.45. The second kappa shape index (κ2) is 12.2. The van der Waals surface area contributed by atoms with Crippen LogP contribution in [0.5, 0.6) is 0 Å². The number of halogens is 1. The van der Waals surface area contributed by atoms with Crippen LogP contribution in [0.3, 0.4) is 0 Å². The van der Waals surface area contributed by atoms with Crippen molar-refractivity contribution in [2.45, 2.75) is 89.4 Å². The maximum absolute atomic E-state index is 15.4. The number of hydrogen-bond donors (Lipinski definition) is 0. The number of ether oxygens (including phenoxy) is 2. The minimum atomic E-state index is -1.47. The number of rotatable bonds is 10. The van der Waals surface area contributed by atoms with Crippen LogP contribution in [0.4, 0.5) is 21.7 Å². The second-order valence-corrected chi connectivity index (χ2v) is 11.0. The normalized spacial score (nSPS) is 18.4. The number of piperidine rings is 1. The fraction of sp³-hybridized carbons (Fsp3) is 0.621. The van der Waals surface area contributed by atoms with E-state index in [1.54, 1.807) is 6.20 Å². The average molecular weight is 513 g/mol. The molecule has 2 heterocycles. The highest BCUT2D eigenvalue weighted by Crippen LogP contribution is 2.35. The third-order valence-electron chi connectivity index (χ3n) is 7.64. The molecule has 0 spiro atoms. The van der Waals surface area contributed by atoms with E-state index in [1.807, 2.05) is 33.0 Å². The number of aromatic nitrogens is 2. The highest BCUT2D eigenvalue weighted by atomic mass is 19.1. The first kappa shape index (κ1) is 27.3. The SMILES string of the molecule is CCC(C)(C)OC(=O)COCC1(F)CCN(c2cncc(N(c3ccccc3)C3CCCCC3)n2)CC1. The van der Waals surface area contributed by atoms with E-state index in [-0.39, 0.29) is 13.2 Å². The van der Waals surface area contributed by atoms with Crippen molar-refractivity contribution in [3.63, 3.8) is 0 Å². The van der Waals surface area contributed by atoms with Crippen LogP contribution in [-0.2, 0) is 14.3 Å². The zero-order chi connectivity index (χ0) is 26.3. The van der Waals surface area contributed by atoms with Gasteiger partial charge in [0.15, 0.2) is 5.82 Å². The van der Waals surface area contributed by atoms with Crippen LogP contribution in [-0.4, -0.2) is 59.6 Å². The van der Waals surface area contributed by atoms with E-state index in [9.17, 15) is 4.79 Å². The fourth-order valence-corrected chi connectivity index (χ4v) is 5.08. The van der Waals surface area contributed by atoms with Crippen molar-refractivity contribution in [1.29, 1.82) is 0 Å². The molecule has 0 bridgehead atoms. The molecule has 0 N–H and O–H groups in total. The first-order valence-electron chi connectivity index (χ1n) is 13.7. The first-order chi connectivity index (χ1) is 17.8. The largest absolute Gasteiger partial charge is 0.458 e. The number of nitrogens with zero attached hydrogens (tertiary/aromatic N) is 4. The van der Waals surface area contributed by atoms with Gasteiger partial charge in [0.2, 0.25) is 0 Å². The highest BCUT2D eigenvalue weighted by molar-refractivity contribution is 5.71. The molecule has 1 saturated heterocycles. The summed E-state index contributed by atoms with van der Waals surface area (Å²) >= 11 is 0. The summed E-state index contributed by atoms with van der Waals surface area (Å²) in [4.78, 5) is 26.0. The van der Waals surface area contributed by atoms with Crippen LogP contribution in [0, 0.1) is 0 Å². The van der Waals surface area contributed by atoms with Gasteiger partial charge in [0.25, 0.3) is 0 Å². The van der Waals surface area contributed by atoms with E-state index in [4.69, 9.17) is 14.5 Å². The summed E-state index contributed by atoms with van der Waals surface area (Å²) in [6.45, 7) is 6.33. The van der Waals surface area contributed by atoms with Gasteiger partial charge >= 0.3 is 5.97 Å². The molecule has 1 aliphatic carbocycles. The van der Waals surface area contributed by atoms with Gasteiger partial charge in [-0.25, -0.2) is 14.2 Å². The minimum absolute atomic E-state index is 0.113. The van der Waals surface area contributed by atoms with Crippen molar-refractivity contribution in [3.05, 3.63) is 42.7 Å². The Kier molecular flexibility index (Phi) is 9.00. The molecule has 0 unspecified atom stereocenters. The van der Waals surface area contributed by atoms with Gasteiger partial charge in [-0.2, -0.15) is 0 Å². The Bertz CT molecular complexity index is 1010. The molecule has 2 aromatic rings. The van der Waals surface area contributed by atoms with Crippen LogP contribution in [0.25, 0.3) is 0 Å². The number of para-hydroxylation sites is 1. The van der Waals surface area contributed by atoms with Gasteiger partial charge in [0.1, 0.15) is 23.7 Å². The smallest absolute Gasteiger partial charge is 0.332 e. The Morgan fingerprint density at radius 1 is 1.14 bits per heavy atom. The minimum Gasteiger partial charge on any atom is -0.458 e. The van der Waals surface area contributed by atoms with Crippen LogP contribution < -0.4 is 9.80 Å². The summed E-state index contributed by atoms with van der Waals surface area (Å²) in [6, 6.07) is 10.8. The van der Waals surface area contributed by atoms with Crippen molar-refractivity contribution < 1.29 is 18.7 Å². The third-order valence-corrected chi connectivity index (χ3v) is 7.64. The molecule has 2 fully saturated rings. The Morgan fingerprint density at radius 2 is 1.84 bits per heavy atom. The van der Waals surface area contributed by atoms with E-state index in [0.717, 1.165) is 30.2 Å². The van der Waals surface area contributed by atoms with E-state index >= 15 is 4.39 Å². The molecule has 7 nitrogen and oxygen atoms in total. The molecular weight excluding hydrogens is 471 g/mol. The van der Waals surface area contributed by atoms with E-state index in [2.05, 4.69) is 39.0 Å². The molecule has 37 heavy (non-hydrogen) atoms. The van der Waals surface area contributed by atoms with Gasteiger partial charge < -0.3 is 19.3 Å².